The molecule has 0 amide bonds. The minimum Gasteiger partial charge on any atom is -0.390 e. The second-order valence-electron chi connectivity index (χ2n) is 3.75. The van der Waals surface area contributed by atoms with Crippen LogP contribution in [0.1, 0.15) is 12.8 Å². The maximum atomic E-state index is 9.68. The maximum absolute atomic E-state index is 9.68. The molecule has 2 N–H and O–H groups in total. The van der Waals surface area contributed by atoms with E-state index in [9.17, 15) is 10.2 Å². The van der Waals surface area contributed by atoms with Crippen molar-refractivity contribution < 1.29 is 10.2 Å². The predicted molar refractivity (Wildman–Crippen MR) is 62.3 cm³/mol. The summed E-state index contributed by atoms with van der Waals surface area (Å²) in [7, 11) is 0. The van der Waals surface area contributed by atoms with E-state index in [0.717, 1.165) is 11.3 Å². The zero-order valence-electron chi connectivity index (χ0n) is 8.14. The first-order valence-electron chi connectivity index (χ1n) is 4.95. The number of thioether (sulfide) groups is 1. The maximum Gasteiger partial charge on any atom is 0.0920 e. The summed E-state index contributed by atoms with van der Waals surface area (Å²) in [6.45, 7) is 0. The number of rotatable bonds is 2. The smallest absolute Gasteiger partial charge is 0.0920 e. The summed E-state index contributed by atoms with van der Waals surface area (Å²) in [5, 5.41) is 19.9. The van der Waals surface area contributed by atoms with Crippen molar-refractivity contribution in [3.05, 3.63) is 29.3 Å². The first-order chi connectivity index (χ1) is 7.16. The lowest BCUT2D eigenvalue weighted by Crippen LogP contribution is -2.26. The minimum atomic E-state index is -0.606. The van der Waals surface area contributed by atoms with Gasteiger partial charge in [0.15, 0.2) is 0 Å². The molecule has 0 aliphatic heterocycles. The topological polar surface area (TPSA) is 40.5 Å². The van der Waals surface area contributed by atoms with Crippen molar-refractivity contribution in [2.75, 3.05) is 0 Å². The van der Waals surface area contributed by atoms with Crippen molar-refractivity contribution in [3.8, 4) is 0 Å². The summed E-state index contributed by atoms with van der Waals surface area (Å²) in [5.74, 6) is 0. The Morgan fingerprint density at radius 1 is 1.13 bits per heavy atom. The quantitative estimate of drug-likeness (QED) is 0.839. The van der Waals surface area contributed by atoms with E-state index in [1.165, 1.54) is 0 Å². The molecule has 82 valence electrons. The molecule has 1 aromatic rings. The van der Waals surface area contributed by atoms with Gasteiger partial charge in [-0.2, -0.15) is 0 Å². The molecule has 2 nitrogen and oxygen atoms in total. The van der Waals surface area contributed by atoms with Crippen molar-refractivity contribution in [2.45, 2.75) is 35.2 Å². The minimum absolute atomic E-state index is 0.0983. The summed E-state index contributed by atoms with van der Waals surface area (Å²) in [6, 6.07) is 7.54. The van der Waals surface area contributed by atoms with Crippen LogP contribution in [0.5, 0.6) is 0 Å². The van der Waals surface area contributed by atoms with Gasteiger partial charge in [0.05, 0.1) is 12.2 Å². The average molecular weight is 245 g/mol. The second kappa shape index (κ2) is 4.74. The molecule has 2 rings (SSSR count). The fraction of sp³-hybridized carbons (Fsp3) is 0.455. The van der Waals surface area contributed by atoms with Gasteiger partial charge >= 0.3 is 0 Å². The molecular weight excluding hydrogens is 232 g/mol. The van der Waals surface area contributed by atoms with Crippen molar-refractivity contribution in [1.82, 2.24) is 0 Å². The molecule has 0 spiro atoms. The third-order valence-electron chi connectivity index (χ3n) is 2.62. The molecule has 1 aromatic carbocycles. The Balaban J connectivity index is 2.00. The van der Waals surface area contributed by atoms with Gasteiger partial charge in [-0.1, -0.05) is 11.6 Å². The van der Waals surface area contributed by atoms with Crippen LogP contribution in [0.2, 0.25) is 5.02 Å². The number of aliphatic hydroxyl groups is 2. The fourth-order valence-electron chi connectivity index (χ4n) is 1.74. The molecule has 3 unspecified atom stereocenters. The van der Waals surface area contributed by atoms with Gasteiger partial charge in [-0.3, -0.25) is 0 Å². The summed E-state index contributed by atoms with van der Waals surface area (Å²) < 4.78 is 0. The van der Waals surface area contributed by atoms with E-state index in [1.807, 2.05) is 24.3 Å². The van der Waals surface area contributed by atoms with Gasteiger partial charge in [-0.25, -0.2) is 0 Å². The van der Waals surface area contributed by atoms with Crippen molar-refractivity contribution in [3.63, 3.8) is 0 Å². The monoisotopic (exact) mass is 244 g/mol. The standard InChI is InChI=1S/C11H13ClO2S/c12-7-1-3-8(4-2-7)15-10-6-5-9(13)11(10)14/h1-4,9-11,13-14H,5-6H2. The third kappa shape index (κ3) is 2.67. The van der Waals surface area contributed by atoms with Gasteiger partial charge in [-0.15, -0.1) is 11.8 Å². The van der Waals surface area contributed by atoms with Crippen LogP contribution in [-0.4, -0.2) is 27.7 Å². The van der Waals surface area contributed by atoms with Crippen molar-refractivity contribution in [1.29, 1.82) is 0 Å². The summed E-state index contributed by atoms with van der Waals surface area (Å²) in [4.78, 5) is 1.08. The highest BCUT2D eigenvalue weighted by molar-refractivity contribution is 8.00. The van der Waals surface area contributed by atoms with Crippen LogP contribution < -0.4 is 0 Å². The van der Waals surface area contributed by atoms with E-state index >= 15 is 0 Å². The van der Waals surface area contributed by atoms with Gasteiger partial charge < -0.3 is 10.2 Å². The molecule has 3 atom stereocenters. The molecule has 1 fully saturated rings. The first-order valence-corrected chi connectivity index (χ1v) is 6.21. The lowest BCUT2D eigenvalue weighted by molar-refractivity contribution is 0.0463. The Bertz CT molecular complexity index is 328. The highest BCUT2D eigenvalue weighted by Gasteiger charge is 2.33. The lowest BCUT2D eigenvalue weighted by Gasteiger charge is -2.15. The van der Waals surface area contributed by atoms with Crippen LogP contribution in [0.25, 0.3) is 0 Å². The molecule has 1 saturated carbocycles. The van der Waals surface area contributed by atoms with Gasteiger partial charge in [-0.05, 0) is 37.1 Å². The number of hydrogen-bond donors (Lipinski definition) is 2. The molecule has 1 aliphatic carbocycles. The van der Waals surface area contributed by atoms with Crippen molar-refractivity contribution >= 4 is 23.4 Å². The average Bonchev–Trinajstić information content (AvgIpc) is 2.53. The van der Waals surface area contributed by atoms with Gasteiger partial charge in [0.1, 0.15) is 0 Å². The zero-order valence-corrected chi connectivity index (χ0v) is 9.71. The van der Waals surface area contributed by atoms with Gasteiger partial charge in [0, 0.05) is 15.2 Å². The lowest BCUT2D eigenvalue weighted by atomic mass is 10.3. The van der Waals surface area contributed by atoms with Crippen LogP contribution in [0.4, 0.5) is 0 Å². The zero-order chi connectivity index (χ0) is 10.8. The highest BCUT2D eigenvalue weighted by Crippen LogP contribution is 2.35. The van der Waals surface area contributed by atoms with E-state index in [2.05, 4.69) is 0 Å². The van der Waals surface area contributed by atoms with E-state index in [4.69, 9.17) is 11.6 Å². The SMILES string of the molecule is OC1CCC(Sc2ccc(Cl)cc2)C1O. The van der Waals surface area contributed by atoms with Crippen LogP contribution in [-0.2, 0) is 0 Å². The molecule has 4 heteroatoms. The molecule has 1 aliphatic rings. The van der Waals surface area contributed by atoms with Gasteiger partial charge in [0.25, 0.3) is 0 Å². The van der Waals surface area contributed by atoms with E-state index in [0.29, 0.717) is 11.4 Å². The van der Waals surface area contributed by atoms with Crippen LogP contribution >= 0.6 is 23.4 Å². The molecule has 0 aromatic heterocycles. The first kappa shape index (κ1) is 11.3. The number of hydrogen-bond acceptors (Lipinski definition) is 3. The molecule has 0 saturated heterocycles. The number of halogens is 1. The van der Waals surface area contributed by atoms with Crippen molar-refractivity contribution in [2.24, 2.45) is 0 Å². The number of benzene rings is 1. The molecule has 15 heavy (non-hydrogen) atoms. The van der Waals surface area contributed by atoms with E-state index in [-0.39, 0.29) is 5.25 Å². The largest absolute Gasteiger partial charge is 0.390 e. The Labute approximate surface area is 98.3 Å². The molecule has 0 heterocycles. The normalized spacial score (nSPS) is 30.7. The van der Waals surface area contributed by atoms with Gasteiger partial charge in [0.2, 0.25) is 0 Å². The summed E-state index contributed by atoms with van der Waals surface area (Å²) in [6.07, 6.45) is 0.377. The van der Waals surface area contributed by atoms with Crippen LogP contribution in [0.15, 0.2) is 29.2 Å². The summed E-state index contributed by atoms with van der Waals surface area (Å²) >= 11 is 7.38. The predicted octanol–water partition coefficient (Wildman–Crippen LogP) is 2.32. The third-order valence-corrected chi connectivity index (χ3v) is 4.24. The second-order valence-corrected chi connectivity index (χ2v) is 5.49. The Kier molecular flexibility index (Phi) is 3.57. The molecule has 0 radical (unpaired) electrons. The van der Waals surface area contributed by atoms with E-state index in [1.54, 1.807) is 11.8 Å². The summed E-state index contributed by atoms with van der Waals surface area (Å²) in [5.41, 5.74) is 0. The van der Waals surface area contributed by atoms with E-state index < -0.39 is 12.2 Å². The highest BCUT2D eigenvalue weighted by atomic mass is 35.5. The Morgan fingerprint density at radius 2 is 1.80 bits per heavy atom. The Morgan fingerprint density at radius 3 is 2.33 bits per heavy atom. The van der Waals surface area contributed by atoms with Crippen LogP contribution in [0, 0.1) is 0 Å². The Hall–Kier alpha value is -0.220. The molecular formula is C11H13ClO2S. The molecule has 0 bridgehead atoms. The van der Waals surface area contributed by atoms with Crippen LogP contribution in [0.3, 0.4) is 0 Å². The number of aliphatic hydroxyl groups excluding tert-OH is 2. The fourth-order valence-corrected chi connectivity index (χ4v) is 3.08.